The Morgan fingerprint density at radius 2 is 1.55 bits per heavy atom. The fourth-order valence-electron chi connectivity index (χ4n) is 4.13. The van der Waals surface area contributed by atoms with Gasteiger partial charge in [0.2, 0.25) is 5.91 Å². The topological polar surface area (TPSA) is 91.0 Å². The molecule has 1 aliphatic carbocycles. The molecular weight excluding hydrogens is 396 g/mol. The number of nitrogens with one attached hydrogen (secondary N) is 2. The van der Waals surface area contributed by atoms with E-state index in [1.807, 2.05) is 51.1 Å². The molecule has 0 unspecified atom stereocenters. The maximum Gasteiger partial charge on any atom is 0.410 e. The van der Waals surface area contributed by atoms with E-state index < -0.39 is 11.1 Å². The molecule has 2 aliphatic rings. The van der Waals surface area contributed by atoms with E-state index in [1.165, 1.54) is 0 Å². The molecule has 0 aromatic heterocycles. The lowest BCUT2D eigenvalue weighted by atomic mass is 9.95. The third-order valence-corrected chi connectivity index (χ3v) is 5.73. The second-order valence-corrected chi connectivity index (χ2v) is 9.34. The van der Waals surface area contributed by atoms with E-state index in [0.717, 1.165) is 18.4 Å². The standard InChI is InChI=1S/C23H34N4O4/c1-22(2,3)31-21(30)27-15-13-26(14-16-27)19(28)23(11-7-8-12-23)25-20(29)24-17-18-9-5-4-6-10-18/h4-6,9-10H,7-8,11-17H2,1-3H3,(H2,24,25,29). The van der Waals surface area contributed by atoms with Crippen molar-refractivity contribution < 1.29 is 19.1 Å². The molecule has 1 aromatic rings. The monoisotopic (exact) mass is 430 g/mol. The first-order chi connectivity index (χ1) is 14.7. The Hall–Kier alpha value is -2.77. The summed E-state index contributed by atoms with van der Waals surface area (Å²) in [5, 5.41) is 5.84. The van der Waals surface area contributed by atoms with Crippen LogP contribution < -0.4 is 10.6 Å². The van der Waals surface area contributed by atoms with Crippen molar-refractivity contribution in [3.8, 4) is 0 Å². The van der Waals surface area contributed by atoms with Gasteiger partial charge in [-0.2, -0.15) is 0 Å². The van der Waals surface area contributed by atoms with Crippen LogP contribution in [0.25, 0.3) is 0 Å². The molecule has 0 atom stereocenters. The lowest BCUT2D eigenvalue weighted by Gasteiger charge is -2.40. The summed E-state index contributed by atoms with van der Waals surface area (Å²) >= 11 is 0. The number of ether oxygens (including phenoxy) is 1. The SMILES string of the molecule is CC(C)(C)OC(=O)N1CCN(C(=O)C2(NC(=O)NCc3ccccc3)CCCC2)CC1. The summed E-state index contributed by atoms with van der Waals surface area (Å²) in [5.74, 6) is -0.0521. The molecule has 1 saturated carbocycles. The Bertz CT molecular complexity index is 777. The lowest BCUT2D eigenvalue weighted by Crippen LogP contribution is -2.63. The van der Waals surface area contributed by atoms with Crippen LogP contribution in [0.4, 0.5) is 9.59 Å². The van der Waals surface area contributed by atoms with Crippen LogP contribution in [-0.2, 0) is 16.1 Å². The molecule has 170 valence electrons. The highest BCUT2D eigenvalue weighted by molar-refractivity contribution is 5.91. The number of carbonyl (C=O) groups excluding carboxylic acids is 3. The first-order valence-electron chi connectivity index (χ1n) is 11.1. The summed E-state index contributed by atoms with van der Waals surface area (Å²) in [6.45, 7) is 7.65. The number of rotatable bonds is 4. The predicted octanol–water partition coefficient (Wildman–Crippen LogP) is 2.88. The van der Waals surface area contributed by atoms with E-state index in [0.29, 0.717) is 45.6 Å². The molecule has 1 heterocycles. The third kappa shape index (κ3) is 6.12. The van der Waals surface area contributed by atoms with E-state index in [9.17, 15) is 14.4 Å². The van der Waals surface area contributed by atoms with Crippen LogP contribution in [0.5, 0.6) is 0 Å². The van der Waals surface area contributed by atoms with Crippen LogP contribution in [0.15, 0.2) is 30.3 Å². The van der Waals surface area contributed by atoms with E-state index in [4.69, 9.17) is 4.74 Å². The zero-order valence-electron chi connectivity index (χ0n) is 18.8. The minimum absolute atomic E-state index is 0.0521. The highest BCUT2D eigenvalue weighted by atomic mass is 16.6. The summed E-state index contributed by atoms with van der Waals surface area (Å²) in [5.41, 5.74) is -0.410. The van der Waals surface area contributed by atoms with Crippen LogP contribution in [-0.4, -0.2) is 65.2 Å². The summed E-state index contributed by atoms with van der Waals surface area (Å²) in [4.78, 5) is 41.6. The quantitative estimate of drug-likeness (QED) is 0.768. The van der Waals surface area contributed by atoms with Gasteiger partial charge in [-0.3, -0.25) is 4.79 Å². The van der Waals surface area contributed by atoms with Crippen molar-refractivity contribution in [1.29, 1.82) is 0 Å². The molecule has 0 radical (unpaired) electrons. The normalized spacial score (nSPS) is 18.4. The molecule has 1 aliphatic heterocycles. The van der Waals surface area contributed by atoms with Crippen LogP contribution in [0, 0.1) is 0 Å². The van der Waals surface area contributed by atoms with Crippen LogP contribution >= 0.6 is 0 Å². The van der Waals surface area contributed by atoms with Gasteiger partial charge in [0, 0.05) is 32.7 Å². The average Bonchev–Trinajstić information content (AvgIpc) is 3.21. The van der Waals surface area contributed by atoms with Crippen molar-refractivity contribution in [3.05, 3.63) is 35.9 Å². The zero-order valence-corrected chi connectivity index (χ0v) is 18.8. The van der Waals surface area contributed by atoms with Crippen molar-refractivity contribution in [2.45, 2.75) is 64.1 Å². The van der Waals surface area contributed by atoms with E-state index >= 15 is 0 Å². The molecule has 8 nitrogen and oxygen atoms in total. The molecule has 31 heavy (non-hydrogen) atoms. The average molecular weight is 431 g/mol. The summed E-state index contributed by atoms with van der Waals surface area (Å²) in [6, 6.07) is 9.34. The summed E-state index contributed by atoms with van der Waals surface area (Å²) < 4.78 is 5.43. The number of amides is 4. The predicted molar refractivity (Wildman–Crippen MR) is 117 cm³/mol. The van der Waals surface area contributed by atoms with Crippen molar-refractivity contribution in [2.75, 3.05) is 26.2 Å². The highest BCUT2D eigenvalue weighted by Gasteiger charge is 2.45. The van der Waals surface area contributed by atoms with Gasteiger partial charge in [0.25, 0.3) is 0 Å². The highest BCUT2D eigenvalue weighted by Crippen LogP contribution is 2.32. The number of carbonyl (C=O) groups is 3. The molecule has 2 fully saturated rings. The van der Waals surface area contributed by atoms with Gasteiger partial charge in [0.15, 0.2) is 0 Å². The molecule has 4 amide bonds. The minimum atomic E-state index is -0.866. The minimum Gasteiger partial charge on any atom is -0.444 e. The van der Waals surface area contributed by atoms with Gasteiger partial charge in [-0.1, -0.05) is 43.2 Å². The molecule has 1 saturated heterocycles. The van der Waals surface area contributed by atoms with Crippen LogP contribution in [0.2, 0.25) is 0 Å². The Kier molecular flexibility index (Phi) is 7.08. The van der Waals surface area contributed by atoms with Gasteiger partial charge in [-0.05, 0) is 39.2 Å². The van der Waals surface area contributed by atoms with Crippen LogP contribution in [0.1, 0.15) is 52.0 Å². The van der Waals surface area contributed by atoms with E-state index in [-0.39, 0.29) is 18.0 Å². The first-order valence-corrected chi connectivity index (χ1v) is 11.1. The van der Waals surface area contributed by atoms with Crippen molar-refractivity contribution in [2.24, 2.45) is 0 Å². The van der Waals surface area contributed by atoms with Gasteiger partial charge in [0.1, 0.15) is 11.1 Å². The fraction of sp³-hybridized carbons (Fsp3) is 0.609. The third-order valence-electron chi connectivity index (χ3n) is 5.73. The Balaban J connectivity index is 1.55. The number of hydrogen-bond acceptors (Lipinski definition) is 4. The number of piperazine rings is 1. The fourth-order valence-corrected chi connectivity index (χ4v) is 4.13. The van der Waals surface area contributed by atoms with E-state index in [1.54, 1.807) is 9.80 Å². The largest absolute Gasteiger partial charge is 0.444 e. The van der Waals surface area contributed by atoms with Crippen molar-refractivity contribution in [1.82, 2.24) is 20.4 Å². The van der Waals surface area contributed by atoms with E-state index in [2.05, 4.69) is 10.6 Å². The molecule has 1 aromatic carbocycles. The summed E-state index contributed by atoms with van der Waals surface area (Å²) in [7, 11) is 0. The van der Waals surface area contributed by atoms with Gasteiger partial charge in [-0.25, -0.2) is 9.59 Å². The van der Waals surface area contributed by atoms with Gasteiger partial charge in [0.05, 0.1) is 0 Å². The Morgan fingerprint density at radius 1 is 0.968 bits per heavy atom. The number of nitrogens with zero attached hydrogens (tertiary/aromatic N) is 2. The van der Waals surface area contributed by atoms with Crippen molar-refractivity contribution in [3.63, 3.8) is 0 Å². The summed E-state index contributed by atoms with van der Waals surface area (Å²) in [6.07, 6.45) is 2.73. The Labute approximate surface area is 184 Å². The van der Waals surface area contributed by atoms with Gasteiger partial charge >= 0.3 is 12.1 Å². The zero-order chi connectivity index (χ0) is 22.5. The maximum absolute atomic E-state index is 13.4. The number of benzene rings is 1. The molecule has 3 rings (SSSR count). The second-order valence-electron chi connectivity index (χ2n) is 9.34. The van der Waals surface area contributed by atoms with Crippen LogP contribution in [0.3, 0.4) is 0 Å². The first kappa shape index (κ1) is 22.9. The lowest BCUT2D eigenvalue weighted by molar-refractivity contribution is -0.139. The smallest absolute Gasteiger partial charge is 0.410 e. The molecular formula is C23H34N4O4. The van der Waals surface area contributed by atoms with Gasteiger partial charge < -0.3 is 25.2 Å². The van der Waals surface area contributed by atoms with Gasteiger partial charge in [-0.15, -0.1) is 0 Å². The molecule has 0 spiro atoms. The Morgan fingerprint density at radius 3 is 2.13 bits per heavy atom. The second kappa shape index (κ2) is 9.58. The number of urea groups is 1. The molecule has 0 bridgehead atoms. The maximum atomic E-state index is 13.4. The molecule has 2 N–H and O–H groups in total. The molecule has 8 heteroatoms. The number of hydrogen-bond donors (Lipinski definition) is 2. The van der Waals surface area contributed by atoms with Crippen molar-refractivity contribution >= 4 is 18.0 Å².